The largest absolute Gasteiger partial charge is 0.459 e. The van der Waals surface area contributed by atoms with Gasteiger partial charge in [0.1, 0.15) is 18.2 Å². The fourth-order valence-electron chi connectivity index (χ4n) is 4.42. The van der Waals surface area contributed by atoms with Crippen LogP contribution in [0.5, 0.6) is 11.5 Å². The van der Waals surface area contributed by atoms with E-state index in [2.05, 4.69) is 0 Å². The summed E-state index contributed by atoms with van der Waals surface area (Å²) in [7, 11) is 0. The lowest BCUT2D eigenvalue weighted by Gasteiger charge is -2.26. The maximum absolute atomic E-state index is 12.8. The summed E-state index contributed by atoms with van der Waals surface area (Å²) in [5.74, 6) is -0.931. The van der Waals surface area contributed by atoms with Crippen molar-refractivity contribution < 1.29 is 38.1 Å². The van der Waals surface area contributed by atoms with Crippen LogP contribution in [0.3, 0.4) is 0 Å². The van der Waals surface area contributed by atoms with Crippen molar-refractivity contribution in [1.29, 1.82) is 0 Å². The van der Waals surface area contributed by atoms with Gasteiger partial charge in [0.25, 0.3) is 0 Å². The van der Waals surface area contributed by atoms with Gasteiger partial charge >= 0.3 is 23.9 Å². The number of benzene rings is 1. The van der Waals surface area contributed by atoms with Crippen LogP contribution < -0.4 is 15.2 Å². The Hall–Kier alpha value is -2.94. The van der Waals surface area contributed by atoms with Crippen LogP contribution in [0.4, 0.5) is 0 Å². The van der Waals surface area contributed by atoms with Gasteiger partial charge in [-0.2, -0.15) is 0 Å². The van der Waals surface area contributed by atoms with E-state index in [1.165, 1.54) is 0 Å². The molecular weight excluding hydrogens is 526 g/mol. The van der Waals surface area contributed by atoms with Gasteiger partial charge in [-0.05, 0) is 75.5 Å². The third-order valence-electron chi connectivity index (χ3n) is 7.27. The highest BCUT2D eigenvalue weighted by Gasteiger charge is 2.28. The van der Waals surface area contributed by atoms with Crippen molar-refractivity contribution in [2.45, 2.75) is 124 Å². The van der Waals surface area contributed by atoms with Gasteiger partial charge in [-0.3, -0.25) is 19.2 Å². The quantitative estimate of drug-likeness (QED) is 0.207. The number of rotatable bonds is 15. The second-order valence-corrected chi connectivity index (χ2v) is 12.0. The maximum Gasteiger partial charge on any atom is 0.323 e. The topological polar surface area (TPSA) is 131 Å². The van der Waals surface area contributed by atoms with E-state index in [-0.39, 0.29) is 42.6 Å². The molecule has 0 saturated heterocycles. The molecule has 1 aliphatic rings. The monoisotopic (exact) mass is 575 g/mol. The van der Waals surface area contributed by atoms with Crippen molar-refractivity contribution in [3.05, 3.63) is 23.8 Å². The van der Waals surface area contributed by atoms with E-state index in [0.29, 0.717) is 30.2 Å². The predicted molar refractivity (Wildman–Crippen MR) is 155 cm³/mol. The summed E-state index contributed by atoms with van der Waals surface area (Å²) in [6.07, 6.45) is 5.44. The average molecular weight is 576 g/mol. The first-order valence-corrected chi connectivity index (χ1v) is 15.1. The summed E-state index contributed by atoms with van der Waals surface area (Å²) in [6, 6.07) is 3.76. The van der Waals surface area contributed by atoms with Gasteiger partial charge in [0, 0.05) is 12.8 Å². The van der Waals surface area contributed by atoms with Crippen LogP contribution in [0.25, 0.3) is 0 Å². The number of esters is 4. The Labute approximate surface area is 244 Å². The van der Waals surface area contributed by atoms with Crippen molar-refractivity contribution >= 4 is 23.9 Å². The molecule has 9 heteroatoms. The minimum atomic E-state index is -1.01. The number of nitrogens with two attached hydrogens (primary N) is 1. The molecule has 1 fully saturated rings. The summed E-state index contributed by atoms with van der Waals surface area (Å²) in [4.78, 5) is 50.1. The third kappa shape index (κ3) is 12.6. The van der Waals surface area contributed by atoms with Crippen LogP contribution in [0, 0.1) is 17.8 Å². The number of carbonyl (C=O) groups excluding carboxylic acids is 4. The summed E-state index contributed by atoms with van der Waals surface area (Å²) in [6.45, 7) is 11.4. The van der Waals surface area contributed by atoms with Gasteiger partial charge in [-0.25, -0.2) is 0 Å². The molecule has 0 heterocycles. The van der Waals surface area contributed by atoms with E-state index in [9.17, 15) is 19.2 Å². The van der Waals surface area contributed by atoms with Gasteiger partial charge in [0.05, 0.1) is 5.92 Å². The zero-order valence-corrected chi connectivity index (χ0v) is 25.6. The number of carbonyl (C=O) groups is 4. The third-order valence-corrected chi connectivity index (χ3v) is 7.27. The molecule has 9 nitrogen and oxygen atoms in total. The molecule has 0 amide bonds. The molecule has 0 aliphatic heterocycles. The Bertz CT molecular complexity index is 1010. The molecule has 0 radical (unpaired) electrons. The number of hydrogen-bond donors (Lipinski definition) is 1. The van der Waals surface area contributed by atoms with Gasteiger partial charge in [-0.1, -0.05) is 53.0 Å². The Kier molecular flexibility index (Phi) is 14.3. The fourth-order valence-corrected chi connectivity index (χ4v) is 4.42. The van der Waals surface area contributed by atoms with Crippen LogP contribution in [-0.4, -0.2) is 42.1 Å². The first kappa shape index (κ1) is 34.3. The summed E-state index contributed by atoms with van der Waals surface area (Å²) >= 11 is 0. The zero-order chi connectivity index (χ0) is 30.5. The highest BCUT2D eigenvalue weighted by molar-refractivity contribution is 5.78. The molecule has 230 valence electrons. The summed E-state index contributed by atoms with van der Waals surface area (Å²) in [5.41, 5.74) is 6.76. The average Bonchev–Trinajstić information content (AvgIpc) is 2.92. The molecule has 1 saturated carbocycles. The molecule has 2 N–H and O–H groups in total. The first-order chi connectivity index (χ1) is 19.3. The molecule has 1 aromatic rings. The highest BCUT2D eigenvalue weighted by atomic mass is 16.6. The lowest BCUT2D eigenvalue weighted by Crippen LogP contribution is -2.40. The van der Waals surface area contributed by atoms with E-state index in [1.807, 2.05) is 27.7 Å². The summed E-state index contributed by atoms with van der Waals surface area (Å²) in [5, 5.41) is 0. The molecule has 0 aromatic heterocycles. The minimum absolute atomic E-state index is 0.0949. The summed E-state index contributed by atoms with van der Waals surface area (Å²) < 4.78 is 22.1. The van der Waals surface area contributed by atoms with E-state index in [0.717, 1.165) is 32.1 Å². The van der Waals surface area contributed by atoms with Gasteiger partial charge in [0.15, 0.2) is 11.5 Å². The van der Waals surface area contributed by atoms with E-state index in [4.69, 9.17) is 24.7 Å². The molecule has 3 atom stereocenters. The van der Waals surface area contributed by atoms with Crippen molar-refractivity contribution in [2.75, 3.05) is 0 Å². The lowest BCUT2D eigenvalue weighted by molar-refractivity contribution is -0.169. The Morgan fingerprint density at radius 2 is 1.32 bits per heavy atom. The molecule has 1 aromatic carbocycles. The molecule has 0 spiro atoms. The first-order valence-electron chi connectivity index (χ1n) is 15.1. The Morgan fingerprint density at radius 3 is 1.88 bits per heavy atom. The standard InChI is InChI=1S/C32H49NO8/c1-20(2)12-16-29(34)40-27-15-14-24(19-28(27)41-30(35)17-13-21(3)4)18-26(33)32(37)39-23(6)22(5)38-31(36)25-10-8-7-9-11-25/h14-15,19-23,25-26H,7-13,16-18,33H2,1-6H3/t22-,23-,26-/m0/s1. The lowest BCUT2D eigenvalue weighted by atomic mass is 9.89. The highest BCUT2D eigenvalue weighted by Crippen LogP contribution is 2.31. The second-order valence-electron chi connectivity index (χ2n) is 12.0. The maximum atomic E-state index is 12.8. The van der Waals surface area contributed by atoms with Crippen LogP contribution in [0.1, 0.15) is 105 Å². The molecular formula is C32H49NO8. The fraction of sp³-hybridized carbons (Fsp3) is 0.688. The van der Waals surface area contributed by atoms with Crippen molar-refractivity contribution in [3.63, 3.8) is 0 Å². The molecule has 0 unspecified atom stereocenters. The Balaban J connectivity index is 2.02. The molecule has 1 aliphatic carbocycles. The predicted octanol–water partition coefficient (Wildman–Crippen LogP) is 5.68. The molecule has 0 bridgehead atoms. The SMILES string of the molecule is CC(C)CCC(=O)Oc1ccc(C[C@H](N)C(=O)O[C@@H](C)[C@H](C)OC(=O)C2CCCCC2)cc1OC(=O)CCC(C)C. The number of ether oxygens (including phenoxy) is 4. The van der Waals surface area contributed by atoms with Gasteiger partial charge < -0.3 is 24.7 Å². The minimum Gasteiger partial charge on any atom is -0.459 e. The molecule has 2 rings (SSSR count). The van der Waals surface area contributed by atoms with Crippen LogP contribution in [0.2, 0.25) is 0 Å². The Morgan fingerprint density at radius 1 is 0.780 bits per heavy atom. The van der Waals surface area contributed by atoms with Crippen LogP contribution in [-0.2, 0) is 35.1 Å². The molecule has 41 heavy (non-hydrogen) atoms. The van der Waals surface area contributed by atoms with Crippen molar-refractivity contribution in [1.82, 2.24) is 0 Å². The smallest absolute Gasteiger partial charge is 0.323 e. The zero-order valence-electron chi connectivity index (χ0n) is 25.6. The van der Waals surface area contributed by atoms with Crippen molar-refractivity contribution in [2.24, 2.45) is 23.5 Å². The second kappa shape index (κ2) is 17.1. The van der Waals surface area contributed by atoms with Crippen LogP contribution in [0.15, 0.2) is 18.2 Å². The van der Waals surface area contributed by atoms with Crippen molar-refractivity contribution in [3.8, 4) is 11.5 Å². The number of hydrogen-bond acceptors (Lipinski definition) is 9. The normalized spacial score (nSPS) is 16.1. The van der Waals surface area contributed by atoms with E-state index in [1.54, 1.807) is 32.0 Å². The van der Waals surface area contributed by atoms with E-state index >= 15 is 0 Å². The van der Waals surface area contributed by atoms with Gasteiger partial charge in [0.2, 0.25) is 0 Å². The van der Waals surface area contributed by atoms with Crippen LogP contribution >= 0.6 is 0 Å². The van der Waals surface area contributed by atoms with Gasteiger partial charge in [-0.15, -0.1) is 0 Å². The van der Waals surface area contributed by atoms with E-state index < -0.39 is 36.2 Å².